The maximum absolute atomic E-state index is 10.9. The third-order valence-electron chi connectivity index (χ3n) is 2.43. The van der Waals surface area contributed by atoms with E-state index in [2.05, 4.69) is 6.92 Å². The van der Waals surface area contributed by atoms with Crippen LogP contribution in [0.15, 0.2) is 0 Å². The molecule has 0 rings (SSSR count). The van der Waals surface area contributed by atoms with E-state index in [4.69, 9.17) is 4.89 Å². The molecule has 1 atom stereocenters. The van der Waals surface area contributed by atoms with Crippen LogP contribution < -0.4 is 0 Å². The molecule has 0 heterocycles. The quantitative estimate of drug-likeness (QED) is 0.470. The number of hydrogen-bond acceptors (Lipinski definition) is 1. The highest BCUT2D eigenvalue weighted by atomic mass is 31.2. The molecule has 3 heteroatoms. The largest absolute Gasteiger partial charge is 0.344 e. The Morgan fingerprint density at radius 2 is 1.36 bits per heavy atom. The molecule has 0 amide bonds. The van der Waals surface area contributed by atoms with E-state index in [0.29, 0.717) is 6.16 Å². The molecule has 0 aliphatic carbocycles. The Labute approximate surface area is 88.6 Å². The predicted octanol–water partition coefficient (Wildman–Crippen LogP) is 4.03. The zero-order chi connectivity index (χ0) is 10.9. The van der Waals surface area contributed by atoms with Crippen molar-refractivity contribution in [2.75, 3.05) is 12.8 Å². The van der Waals surface area contributed by atoms with Crippen LogP contribution in [0.2, 0.25) is 0 Å². The van der Waals surface area contributed by atoms with Gasteiger partial charge in [0.25, 0.3) is 0 Å². The normalized spacial score (nSPS) is 15.4. The lowest BCUT2D eigenvalue weighted by atomic mass is 10.1. The van der Waals surface area contributed by atoms with Crippen LogP contribution in [-0.4, -0.2) is 17.7 Å². The summed E-state index contributed by atoms with van der Waals surface area (Å²) in [5.74, 6) is 0. The Bertz CT molecular complexity index is 163. The maximum atomic E-state index is 10.9. The number of unbranched alkanes of at least 4 members (excludes halogenated alkanes) is 7. The summed E-state index contributed by atoms with van der Waals surface area (Å²) < 4.78 is 10.9. The Balaban J connectivity index is 3.03. The van der Waals surface area contributed by atoms with E-state index in [1.54, 1.807) is 0 Å². The lowest BCUT2D eigenvalue weighted by Crippen LogP contribution is -1.87. The van der Waals surface area contributed by atoms with E-state index < -0.39 is 7.37 Å². The molecule has 0 bridgehead atoms. The first-order valence-corrected chi connectivity index (χ1v) is 8.15. The first-order valence-electron chi connectivity index (χ1n) is 5.85. The molecule has 0 saturated heterocycles. The summed E-state index contributed by atoms with van der Waals surface area (Å²) >= 11 is 0. The van der Waals surface area contributed by atoms with E-state index in [-0.39, 0.29) is 0 Å². The highest BCUT2D eigenvalue weighted by Gasteiger charge is 2.07. The van der Waals surface area contributed by atoms with E-state index in [9.17, 15) is 4.57 Å². The fourth-order valence-corrected chi connectivity index (χ4v) is 2.35. The summed E-state index contributed by atoms with van der Waals surface area (Å²) in [6.07, 6.45) is 10.4. The Morgan fingerprint density at radius 1 is 0.929 bits per heavy atom. The van der Waals surface area contributed by atoms with E-state index in [0.717, 1.165) is 12.8 Å². The third kappa shape index (κ3) is 12.2. The molecule has 14 heavy (non-hydrogen) atoms. The van der Waals surface area contributed by atoms with E-state index in [1.165, 1.54) is 45.2 Å². The fourth-order valence-electron chi connectivity index (χ4n) is 1.54. The lowest BCUT2D eigenvalue weighted by molar-refractivity contribution is 0.480. The van der Waals surface area contributed by atoms with Gasteiger partial charge >= 0.3 is 0 Å². The Kier molecular flexibility index (Phi) is 8.61. The van der Waals surface area contributed by atoms with Gasteiger partial charge in [0.1, 0.15) is 0 Å². The fraction of sp³-hybridized carbons (Fsp3) is 1.00. The Morgan fingerprint density at radius 3 is 1.79 bits per heavy atom. The van der Waals surface area contributed by atoms with Crippen LogP contribution in [0.1, 0.15) is 58.3 Å². The van der Waals surface area contributed by atoms with Gasteiger partial charge in [0, 0.05) is 12.8 Å². The van der Waals surface area contributed by atoms with Crippen molar-refractivity contribution in [2.24, 2.45) is 0 Å². The molecule has 0 aromatic heterocycles. The minimum absolute atomic E-state index is 0.502. The average Bonchev–Trinajstić information content (AvgIpc) is 2.08. The summed E-state index contributed by atoms with van der Waals surface area (Å²) in [4.78, 5) is 9.05. The monoisotopic (exact) mass is 220 g/mol. The highest BCUT2D eigenvalue weighted by Crippen LogP contribution is 2.36. The van der Waals surface area contributed by atoms with Crippen LogP contribution >= 0.6 is 7.37 Å². The lowest BCUT2D eigenvalue weighted by Gasteiger charge is -2.04. The maximum Gasteiger partial charge on any atom is 0.197 e. The summed E-state index contributed by atoms with van der Waals surface area (Å²) in [5.41, 5.74) is 0. The number of rotatable bonds is 9. The molecular weight excluding hydrogens is 195 g/mol. The van der Waals surface area contributed by atoms with Crippen molar-refractivity contribution in [3.63, 3.8) is 0 Å². The van der Waals surface area contributed by atoms with Crippen molar-refractivity contribution in [1.29, 1.82) is 0 Å². The van der Waals surface area contributed by atoms with Crippen LogP contribution in [0, 0.1) is 0 Å². The van der Waals surface area contributed by atoms with Crippen molar-refractivity contribution < 1.29 is 9.46 Å². The van der Waals surface area contributed by atoms with Gasteiger partial charge in [0.2, 0.25) is 0 Å². The zero-order valence-corrected chi connectivity index (χ0v) is 10.6. The summed E-state index contributed by atoms with van der Waals surface area (Å²) in [6, 6.07) is 0. The first-order chi connectivity index (χ1) is 6.56. The van der Waals surface area contributed by atoms with Gasteiger partial charge in [0.15, 0.2) is 7.37 Å². The molecule has 0 aromatic rings. The van der Waals surface area contributed by atoms with Gasteiger partial charge in [-0.2, -0.15) is 0 Å². The second-order valence-electron chi connectivity index (χ2n) is 4.25. The smallest absolute Gasteiger partial charge is 0.197 e. The molecule has 0 fully saturated rings. The van der Waals surface area contributed by atoms with Crippen LogP contribution in [0.3, 0.4) is 0 Å². The van der Waals surface area contributed by atoms with Gasteiger partial charge in [-0.1, -0.05) is 51.9 Å². The van der Waals surface area contributed by atoms with Gasteiger partial charge in [-0.15, -0.1) is 0 Å². The van der Waals surface area contributed by atoms with Crippen LogP contribution in [0.4, 0.5) is 0 Å². The SMILES string of the molecule is CCCCCCCCCCP(C)(=O)O. The third-order valence-corrected chi connectivity index (χ3v) is 3.57. The van der Waals surface area contributed by atoms with Crippen molar-refractivity contribution >= 4 is 7.37 Å². The second kappa shape index (κ2) is 8.49. The predicted molar refractivity (Wildman–Crippen MR) is 63.2 cm³/mol. The van der Waals surface area contributed by atoms with Gasteiger partial charge in [-0.3, -0.25) is 4.57 Å². The second-order valence-corrected chi connectivity index (χ2v) is 6.80. The topological polar surface area (TPSA) is 37.3 Å². The van der Waals surface area contributed by atoms with E-state index in [1.807, 2.05) is 0 Å². The molecule has 86 valence electrons. The number of hydrogen-bond donors (Lipinski definition) is 1. The van der Waals surface area contributed by atoms with Crippen molar-refractivity contribution in [2.45, 2.75) is 58.3 Å². The zero-order valence-electron chi connectivity index (χ0n) is 9.67. The Hall–Kier alpha value is 0.190. The summed E-state index contributed by atoms with van der Waals surface area (Å²) in [5, 5.41) is 0. The van der Waals surface area contributed by atoms with Gasteiger partial charge in [-0.25, -0.2) is 0 Å². The molecule has 2 nitrogen and oxygen atoms in total. The molecule has 0 saturated carbocycles. The van der Waals surface area contributed by atoms with Crippen LogP contribution in [0.25, 0.3) is 0 Å². The van der Waals surface area contributed by atoms with Crippen LogP contribution in [-0.2, 0) is 4.57 Å². The average molecular weight is 220 g/mol. The molecule has 0 spiro atoms. The standard InChI is InChI=1S/C11H25O2P/c1-3-4-5-6-7-8-9-10-11-14(2,12)13/h3-11H2,1-2H3,(H,12,13). The van der Waals surface area contributed by atoms with Gasteiger partial charge in [-0.05, 0) is 6.42 Å². The minimum Gasteiger partial charge on any atom is -0.344 e. The van der Waals surface area contributed by atoms with E-state index >= 15 is 0 Å². The van der Waals surface area contributed by atoms with Crippen molar-refractivity contribution in [1.82, 2.24) is 0 Å². The van der Waals surface area contributed by atoms with Crippen molar-refractivity contribution in [3.05, 3.63) is 0 Å². The molecule has 0 radical (unpaired) electrons. The highest BCUT2D eigenvalue weighted by molar-refractivity contribution is 7.57. The molecule has 0 aromatic carbocycles. The molecule has 0 aliphatic heterocycles. The van der Waals surface area contributed by atoms with Gasteiger partial charge < -0.3 is 4.89 Å². The molecule has 1 N–H and O–H groups in total. The minimum atomic E-state index is -2.73. The molecular formula is C11H25O2P. The molecule has 1 unspecified atom stereocenters. The molecule has 0 aliphatic rings. The van der Waals surface area contributed by atoms with Crippen molar-refractivity contribution in [3.8, 4) is 0 Å². The summed E-state index contributed by atoms with van der Waals surface area (Å²) in [6.45, 7) is 3.67. The van der Waals surface area contributed by atoms with Crippen LogP contribution in [0.5, 0.6) is 0 Å². The first kappa shape index (κ1) is 14.2. The summed E-state index contributed by atoms with van der Waals surface area (Å²) in [7, 11) is -2.73. The van der Waals surface area contributed by atoms with Gasteiger partial charge in [0.05, 0.1) is 0 Å².